The molecule has 1 amide bonds. The van der Waals surface area contributed by atoms with E-state index in [1.807, 2.05) is 7.05 Å². The van der Waals surface area contributed by atoms with Gasteiger partial charge in [-0.3, -0.25) is 4.79 Å². The molecule has 2 rings (SSSR count). The molecule has 1 saturated carbocycles. The second-order valence-corrected chi connectivity index (χ2v) is 6.27. The van der Waals surface area contributed by atoms with Crippen molar-refractivity contribution in [3.63, 3.8) is 0 Å². The number of hydrogen-bond donors (Lipinski definition) is 1. The van der Waals surface area contributed by atoms with E-state index in [9.17, 15) is 9.90 Å². The molecule has 0 aromatic heterocycles. The van der Waals surface area contributed by atoms with Gasteiger partial charge in [-0.1, -0.05) is 35.2 Å². The zero-order valence-corrected chi connectivity index (χ0v) is 12.8. The molecule has 0 unspecified atom stereocenters. The van der Waals surface area contributed by atoms with Crippen molar-refractivity contribution in [1.29, 1.82) is 0 Å². The standard InChI is InChI=1S/C15H20BrNO2/c1-17(10-11-5-3-2-4-6-11)15(19)13-8-7-12(16)9-14(13)18/h7-9,11,18H,2-6,10H2,1H3. The minimum atomic E-state index is -0.101. The molecule has 0 heterocycles. The molecule has 1 aliphatic rings. The van der Waals surface area contributed by atoms with Crippen molar-refractivity contribution in [2.24, 2.45) is 5.92 Å². The summed E-state index contributed by atoms with van der Waals surface area (Å²) in [5.41, 5.74) is 0.376. The molecule has 4 heteroatoms. The van der Waals surface area contributed by atoms with Crippen molar-refractivity contribution in [3.8, 4) is 5.75 Å². The lowest BCUT2D eigenvalue weighted by Crippen LogP contribution is -2.32. The molecule has 3 nitrogen and oxygen atoms in total. The van der Waals surface area contributed by atoms with Gasteiger partial charge in [0, 0.05) is 18.1 Å². The average Bonchev–Trinajstić information content (AvgIpc) is 2.39. The van der Waals surface area contributed by atoms with E-state index in [1.54, 1.807) is 23.1 Å². The molecule has 1 aromatic rings. The fraction of sp³-hybridized carbons (Fsp3) is 0.533. The highest BCUT2D eigenvalue weighted by Gasteiger charge is 2.20. The van der Waals surface area contributed by atoms with Crippen molar-refractivity contribution in [1.82, 2.24) is 4.90 Å². The van der Waals surface area contributed by atoms with Crippen LogP contribution in [0.4, 0.5) is 0 Å². The maximum atomic E-state index is 12.3. The van der Waals surface area contributed by atoms with Crippen LogP contribution in [0.1, 0.15) is 42.5 Å². The van der Waals surface area contributed by atoms with E-state index in [1.165, 1.54) is 32.1 Å². The Morgan fingerprint density at radius 1 is 1.37 bits per heavy atom. The largest absolute Gasteiger partial charge is 0.507 e. The molecule has 0 atom stereocenters. The van der Waals surface area contributed by atoms with Crippen molar-refractivity contribution >= 4 is 21.8 Å². The number of phenols is 1. The van der Waals surface area contributed by atoms with E-state index >= 15 is 0 Å². The van der Waals surface area contributed by atoms with E-state index < -0.39 is 0 Å². The normalized spacial score (nSPS) is 16.3. The third-order valence-corrected chi connectivity index (χ3v) is 4.29. The molecule has 0 radical (unpaired) electrons. The van der Waals surface area contributed by atoms with Crippen LogP contribution in [-0.2, 0) is 0 Å². The molecule has 0 saturated heterocycles. The number of aromatic hydroxyl groups is 1. The van der Waals surface area contributed by atoms with Gasteiger partial charge in [-0.2, -0.15) is 0 Å². The lowest BCUT2D eigenvalue weighted by Gasteiger charge is -2.27. The number of benzene rings is 1. The summed E-state index contributed by atoms with van der Waals surface area (Å²) in [6, 6.07) is 5.00. The van der Waals surface area contributed by atoms with Gasteiger partial charge < -0.3 is 10.0 Å². The van der Waals surface area contributed by atoms with Crippen molar-refractivity contribution in [2.45, 2.75) is 32.1 Å². The third kappa shape index (κ3) is 3.72. The van der Waals surface area contributed by atoms with Crippen molar-refractivity contribution < 1.29 is 9.90 Å². The van der Waals surface area contributed by atoms with Gasteiger partial charge in [-0.05, 0) is 37.0 Å². The molecule has 1 aliphatic carbocycles. The maximum absolute atomic E-state index is 12.3. The highest BCUT2D eigenvalue weighted by Crippen LogP contribution is 2.26. The molecular weight excluding hydrogens is 306 g/mol. The predicted octanol–water partition coefficient (Wildman–Crippen LogP) is 3.81. The summed E-state index contributed by atoms with van der Waals surface area (Å²) in [4.78, 5) is 14.0. The number of amides is 1. The van der Waals surface area contributed by atoms with Gasteiger partial charge in [-0.25, -0.2) is 0 Å². The first-order valence-corrected chi connectivity index (χ1v) is 7.61. The van der Waals surface area contributed by atoms with Gasteiger partial charge in [0.15, 0.2) is 0 Å². The second-order valence-electron chi connectivity index (χ2n) is 5.35. The van der Waals surface area contributed by atoms with Crippen LogP contribution in [-0.4, -0.2) is 29.5 Å². The first-order valence-electron chi connectivity index (χ1n) is 6.82. The Hall–Kier alpha value is -1.03. The summed E-state index contributed by atoms with van der Waals surface area (Å²) in [7, 11) is 1.82. The third-order valence-electron chi connectivity index (χ3n) is 3.79. The molecule has 104 valence electrons. The van der Waals surface area contributed by atoms with Gasteiger partial charge in [0.05, 0.1) is 5.56 Å². The van der Waals surface area contributed by atoms with Crippen molar-refractivity contribution in [3.05, 3.63) is 28.2 Å². The Bertz CT molecular complexity index is 455. The quantitative estimate of drug-likeness (QED) is 0.918. The highest BCUT2D eigenvalue weighted by atomic mass is 79.9. The van der Waals surface area contributed by atoms with Crippen LogP contribution in [0.5, 0.6) is 5.75 Å². The minimum absolute atomic E-state index is 0.0369. The molecule has 1 aromatic carbocycles. The Balaban J connectivity index is 2.01. The first kappa shape index (κ1) is 14.4. The Labute approximate surface area is 122 Å². The summed E-state index contributed by atoms with van der Waals surface area (Å²) in [5.74, 6) is 0.547. The van der Waals surface area contributed by atoms with Gasteiger partial charge >= 0.3 is 0 Å². The van der Waals surface area contributed by atoms with E-state index in [0.717, 1.165) is 11.0 Å². The average molecular weight is 326 g/mol. The minimum Gasteiger partial charge on any atom is -0.507 e. The zero-order chi connectivity index (χ0) is 13.8. The molecular formula is C15H20BrNO2. The monoisotopic (exact) mass is 325 g/mol. The fourth-order valence-corrected chi connectivity index (χ4v) is 3.08. The van der Waals surface area contributed by atoms with E-state index in [2.05, 4.69) is 15.9 Å². The summed E-state index contributed by atoms with van der Waals surface area (Å²) in [6.07, 6.45) is 6.29. The van der Waals surface area contributed by atoms with Crippen LogP contribution in [0.15, 0.2) is 22.7 Å². The number of hydrogen-bond acceptors (Lipinski definition) is 2. The van der Waals surface area contributed by atoms with Crippen LogP contribution in [0.3, 0.4) is 0 Å². The number of nitrogens with zero attached hydrogens (tertiary/aromatic N) is 1. The Kier molecular flexibility index (Phi) is 4.86. The summed E-state index contributed by atoms with van der Waals surface area (Å²) in [5, 5.41) is 9.84. The molecule has 19 heavy (non-hydrogen) atoms. The van der Waals surface area contributed by atoms with Crippen molar-refractivity contribution in [2.75, 3.05) is 13.6 Å². The number of rotatable bonds is 3. The zero-order valence-electron chi connectivity index (χ0n) is 11.2. The Morgan fingerprint density at radius 3 is 2.68 bits per heavy atom. The van der Waals surface area contributed by atoms with Gasteiger partial charge in [0.25, 0.3) is 5.91 Å². The summed E-state index contributed by atoms with van der Waals surface area (Å²) in [6.45, 7) is 0.786. The Morgan fingerprint density at radius 2 is 2.05 bits per heavy atom. The van der Waals surface area contributed by atoms with Crippen LogP contribution < -0.4 is 0 Å². The number of carbonyl (C=O) groups is 1. The van der Waals surface area contributed by atoms with Crippen LogP contribution in [0, 0.1) is 5.92 Å². The van der Waals surface area contributed by atoms with Crippen LogP contribution in [0.2, 0.25) is 0 Å². The number of phenolic OH excluding ortho intramolecular Hbond substituents is 1. The molecule has 1 fully saturated rings. The highest BCUT2D eigenvalue weighted by molar-refractivity contribution is 9.10. The lowest BCUT2D eigenvalue weighted by atomic mass is 9.89. The molecule has 0 aliphatic heterocycles. The van der Waals surface area contributed by atoms with E-state index in [0.29, 0.717) is 11.5 Å². The van der Waals surface area contributed by atoms with Crippen LogP contribution in [0.25, 0.3) is 0 Å². The van der Waals surface area contributed by atoms with Gasteiger partial charge in [-0.15, -0.1) is 0 Å². The maximum Gasteiger partial charge on any atom is 0.257 e. The SMILES string of the molecule is CN(CC1CCCCC1)C(=O)c1ccc(Br)cc1O. The van der Waals surface area contributed by atoms with E-state index in [-0.39, 0.29) is 11.7 Å². The van der Waals surface area contributed by atoms with Crippen LogP contribution >= 0.6 is 15.9 Å². The fourth-order valence-electron chi connectivity index (χ4n) is 2.73. The molecule has 0 spiro atoms. The smallest absolute Gasteiger partial charge is 0.257 e. The van der Waals surface area contributed by atoms with Gasteiger partial charge in [0.2, 0.25) is 0 Å². The number of carbonyl (C=O) groups excluding carboxylic acids is 1. The number of halogens is 1. The topological polar surface area (TPSA) is 40.5 Å². The first-order chi connectivity index (χ1) is 9.08. The molecule has 1 N–H and O–H groups in total. The van der Waals surface area contributed by atoms with Gasteiger partial charge in [0.1, 0.15) is 5.75 Å². The predicted molar refractivity (Wildman–Crippen MR) is 79.3 cm³/mol. The lowest BCUT2D eigenvalue weighted by molar-refractivity contribution is 0.0757. The summed E-state index contributed by atoms with van der Waals surface area (Å²) < 4.78 is 0.775. The summed E-state index contributed by atoms with van der Waals surface area (Å²) >= 11 is 3.28. The van der Waals surface area contributed by atoms with E-state index in [4.69, 9.17) is 0 Å². The molecule has 0 bridgehead atoms. The second kappa shape index (κ2) is 6.42.